The second kappa shape index (κ2) is 11.3. The predicted molar refractivity (Wildman–Crippen MR) is 151 cm³/mol. The molecular formula is C32H43FN2O6. The molecule has 0 aliphatic heterocycles. The SMILES string of the molecule is C/C=C1\C[C@@H]2C[C@H]1[C@@H](NC(=O)c1cc(OC3CCC(C)(C(=O)O)CC3)c(F)cc1OC)[C@H]2C(=O)NCC1(C)CCC1. The number of carbonyl (C=O) groups excluding carboxylic acids is 2. The van der Waals surface area contributed by atoms with Crippen molar-refractivity contribution in [2.75, 3.05) is 13.7 Å². The van der Waals surface area contributed by atoms with Crippen LogP contribution in [0.2, 0.25) is 0 Å². The number of fused-ring (bicyclic) bond motifs is 2. The molecule has 2 bridgehead atoms. The predicted octanol–water partition coefficient (Wildman–Crippen LogP) is 5.25. The number of hydrogen-bond donors (Lipinski definition) is 3. The van der Waals surface area contributed by atoms with Gasteiger partial charge in [0.2, 0.25) is 5.91 Å². The van der Waals surface area contributed by atoms with Gasteiger partial charge < -0.3 is 25.2 Å². The molecule has 4 fully saturated rings. The summed E-state index contributed by atoms with van der Waals surface area (Å²) in [6.45, 7) is 6.57. The number of carbonyl (C=O) groups is 3. The molecule has 0 aromatic heterocycles. The van der Waals surface area contributed by atoms with Gasteiger partial charge in [0.25, 0.3) is 5.91 Å². The highest BCUT2D eigenvalue weighted by Gasteiger charge is 2.53. The van der Waals surface area contributed by atoms with Crippen molar-refractivity contribution in [3.8, 4) is 11.5 Å². The monoisotopic (exact) mass is 570 g/mol. The lowest BCUT2D eigenvalue weighted by Gasteiger charge is -2.39. The van der Waals surface area contributed by atoms with Crippen LogP contribution in [0, 0.1) is 34.4 Å². The second-order valence-corrected chi connectivity index (χ2v) is 13.2. The molecule has 41 heavy (non-hydrogen) atoms. The maximum Gasteiger partial charge on any atom is 0.309 e. The Hall–Kier alpha value is -3.10. The van der Waals surface area contributed by atoms with E-state index in [1.54, 1.807) is 6.92 Å². The number of carboxylic acid groups (broad SMARTS) is 1. The Morgan fingerprint density at radius 2 is 1.83 bits per heavy atom. The van der Waals surface area contributed by atoms with E-state index < -0.39 is 23.1 Å². The normalized spacial score (nSPS) is 32.7. The van der Waals surface area contributed by atoms with E-state index >= 15 is 4.39 Å². The Labute approximate surface area is 241 Å². The highest BCUT2D eigenvalue weighted by atomic mass is 19.1. The van der Waals surface area contributed by atoms with Crippen LogP contribution in [0.5, 0.6) is 11.5 Å². The minimum atomic E-state index is -0.837. The number of methoxy groups -OCH3 is 1. The molecule has 1 aromatic carbocycles. The number of amides is 2. The van der Waals surface area contributed by atoms with Crippen molar-refractivity contribution in [3.63, 3.8) is 0 Å². The van der Waals surface area contributed by atoms with Crippen LogP contribution >= 0.6 is 0 Å². The molecule has 9 heteroatoms. The van der Waals surface area contributed by atoms with Gasteiger partial charge in [-0.25, -0.2) is 4.39 Å². The molecule has 0 heterocycles. The maximum absolute atomic E-state index is 15.0. The Kier molecular flexibility index (Phi) is 8.09. The summed E-state index contributed by atoms with van der Waals surface area (Å²) in [6, 6.07) is 2.15. The Morgan fingerprint density at radius 1 is 1.12 bits per heavy atom. The van der Waals surface area contributed by atoms with Gasteiger partial charge >= 0.3 is 5.97 Å². The topological polar surface area (TPSA) is 114 Å². The molecular weight excluding hydrogens is 527 g/mol. The van der Waals surface area contributed by atoms with Crippen LogP contribution in [-0.2, 0) is 9.59 Å². The Balaban J connectivity index is 1.32. The van der Waals surface area contributed by atoms with Crippen LogP contribution in [0.15, 0.2) is 23.8 Å². The van der Waals surface area contributed by atoms with Crippen LogP contribution in [0.4, 0.5) is 4.39 Å². The number of hydrogen-bond acceptors (Lipinski definition) is 5. The number of ether oxygens (including phenoxy) is 2. The number of rotatable bonds is 9. The van der Waals surface area contributed by atoms with Gasteiger partial charge in [-0.2, -0.15) is 0 Å². The molecule has 0 spiro atoms. The largest absolute Gasteiger partial charge is 0.496 e. The lowest BCUT2D eigenvalue weighted by atomic mass is 9.70. The minimum Gasteiger partial charge on any atom is -0.496 e. The molecule has 0 unspecified atom stereocenters. The number of aliphatic carboxylic acids is 1. The lowest BCUT2D eigenvalue weighted by Crippen LogP contribution is -2.52. The van der Waals surface area contributed by atoms with Gasteiger partial charge in [0.15, 0.2) is 11.6 Å². The summed E-state index contributed by atoms with van der Waals surface area (Å²) >= 11 is 0. The zero-order chi connectivity index (χ0) is 29.5. The summed E-state index contributed by atoms with van der Waals surface area (Å²) in [4.78, 5) is 38.8. The summed E-state index contributed by atoms with van der Waals surface area (Å²) in [6.07, 6.45) is 8.68. The number of halogens is 1. The van der Waals surface area contributed by atoms with Crippen LogP contribution in [-0.4, -0.2) is 48.7 Å². The van der Waals surface area contributed by atoms with Gasteiger partial charge in [-0.05, 0) is 82.6 Å². The third-order valence-corrected chi connectivity index (χ3v) is 10.4. The molecule has 3 N–H and O–H groups in total. The van der Waals surface area contributed by atoms with Crippen molar-refractivity contribution in [1.82, 2.24) is 10.6 Å². The van der Waals surface area contributed by atoms with Gasteiger partial charge in [0, 0.05) is 24.6 Å². The van der Waals surface area contributed by atoms with E-state index in [1.165, 1.54) is 25.2 Å². The van der Waals surface area contributed by atoms with E-state index in [1.807, 2.05) is 6.92 Å². The summed E-state index contributed by atoms with van der Waals surface area (Å²) in [5, 5.41) is 15.8. The zero-order valence-corrected chi connectivity index (χ0v) is 24.6. The van der Waals surface area contributed by atoms with Crippen molar-refractivity contribution in [2.24, 2.45) is 28.6 Å². The second-order valence-electron chi connectivity index (χ2n) is 13.2. The molecule has 4 atom stereocenters. The highest BCUT2D eigenvalue weighted by Crippen LogP contribution is 2.52. The summed E-state index contributed by atoms with van der Waals surface area (Å²) in [7, 11) is 1.38. The molecule has 4 aliphatic rings. The average molecular weight is 571 g/mol. The van der Waals surface area contributed by atoms with Gasteiger partial charge in [-0.3, -0.25) is 14.4 Å². The fourth-order valence-corrected chi connectivity index (χ4v) is 7.42. The summed E-state index contributed by atoms with van der Waals surface area (Å²) in [5.74, 6) is -1.99. The Morgan fingerprint density at radius 3 is 2.41 bits per heavy atom. The van der Waals surface area contributed by atoms with Crippen LogP contribution < -0.4 is 20.1 Å². The van der Waals surface area contributed by atoms with Crippen LogP contribution in [0.25, 0.3) is 0 Å². The number of nitrogens with one attached hydrogen (secondary N) is 2. The first-order valence-corrected chi connectivity index (χ1v) is 15.0. The van der Waals surface area contributed by atoms with E-state index in [0.717, 1.165) is 31.7 Å². The van der Waals surface area contributed by atoms with E-state index in [4.69, 9.17) is 9.47 Å². The molecule has 224 valence electrons. The van der Waals surface area contributed by atoms with Crippen molar-refractivity contribution >= 4 is 17.8 Å². The van der Waals surface area contributed by atoms with Crippen molar-refractivity contribution < 1.29 is 33.4 Å². The maximum atomic E-state index is 15.0. The molecule has 0 radical (unpaired) electrons. The fourth-order valence-electron chi connectivity index (χ4n) is 7.42. The number of carboxylic acids is 1. The van der Waals surface area contributed by atoms with Crippen LogP contribution in [0.3, 0.4) is 0 Å². The first-order valence-electron chi connectivity index (χ1n) is 15.0. The standard InChI is InChI=1S/C32H43FN2O6/c1-5-18-13-19-14-21(18)27(26(19)29(37)34-17-31(2)9-6-10-31)35-28(36)22-15-25(23(33)16-24(22)40-4)41-20-7-11-32(3,12-8-20)30(38)39/h5,15-16,19-21,26-27H,6-14,17H2,1-4H3,(H,34,37)(H,35,36)(H,38,39)/b18-5+/t19-,20?,21-,26+,27-,32?/m1/s1. The first kappa shape index (κ1) is 29.4. The third kappa shape index (κ3) is 5.69. The minimum absolute atomic E-state index is 0.00756. The van der Waals surface area contributed by atoms with Crippen molar-refractivity contribution in [2.45, 2.75) is 90.7 Å². The highest BCUT2D eigenvalue weighted by molar-refractivity contribution is 5.98. The van der Waals surface area contributed by atoms with Gasteiger partial charge in [0.05, 0.1) is 30.1 Å². The van der Waals surface area contributed by atoms with E-state index in [2.05, 4.69) is 23.6 Å². The van der Waals surface area contributed by atoms with E-state index in [0.29, 0.717) is 32.2 Å². The molecule has 0 saturated heterocycles. The quantitative estimate of drug-likeness (QED) is 0.350. The first-order chi connectivity index (χ1) is 19.5. The lowest BCUT2D eigenvalue weighted by molar-refractivity contribution is -0.150. The van der Waals surface area contributed by atoms with Gasteiger partial charge in [-0.15, -0.1) is 0 Å². The van der Waals surface area contributed by atoms with E-state index in [-0.39, 0.29) is 58.3 Å². The smallest absolute Gasteiger partial charge is 0.309 e. The zero-order valence-electron chi connectivity index (χ0n) is 24.6. The van der Waals surface area contributed by atoms with Crippen molar-refractivity contribution in [1.29, 1.82) is 0 Å². The fraction of sp³-hybridized carbons (Fsp3) is 0.656. The van der Waals surface area contributed by atoms with Crippen molar-refractivity contribution in [3.05, 3.63) is 35.2 Å². The van der Waals surface area contributed by atoms with Crippen LogP contribution in [0.1, 0.15) is 88.9 Å². The molecule has 2 amide bonds. The molecule has 4 aliphatic carbocycles. The van der Waals surface area contributed by atoms with Gasteiger partial charge in [0.1, 0.15) is 5.75 Å². The molecule has 5 rings (SSSR count). The summed E-state index contributed by atoms with van der Waals surface area (Å²) in [5.41, 5.74) is 0.745. The molecule has 4 saturated carbocycles. The summed E-state index contributed by atoms with van der Waals surface area (Å²) < 4.78 is 26.4. The molecule has 1 aromatic rings. The average Bonchev–Trinajstić information content (AvgIpc) is 3.51. The molecule has 8 nitrogen and oxygen atoms in total. The van der Waals surface area contributed by atoms with E-state index in [9.17, 15) is 19.5 Å². The number of allylic oxidation sites excluding steroid dienone is 1. The Bertz CT molecular complexity index is 1230. The van der Waals surface area contributed by atoms with Gasteiger partial charge in [-0.1, -0.05) is 25.0 Å². The number of benzene rings is 1. The third-order valence-electron chi connectivity index (χ3n) is 10.4.